The van der Waals surface area contributed by atoms with Crippen molar-refractivity contribution in [1.82, 2.24) is 23.8 Å². The Hall–Kier alpha value is -3.42. The van der Waals surface area contributed by atoms with Crippen molar-refractivity contribution >= 4 is 44.6 Å². The lowest BCUT2D eigenvalue weighted by Gasteiger charge is -2.35. The van der Waals surface area contributed by atoms with Crippen molar-refractivity contribution in [2.75, 3.05) is 36.4 Å². The maximum absolute atomic E-state index is 13.4. The average molecular weight is 596 g/mol. The number of piperazine rings is 1. The van der Waals surface area contributed by atoms with Crippen LogP contribution in [0.5, 0.6) is 0 Å². The van der Waals surface area contributed by atoms with Gasteiger partial charge < -0.3 is 10.2 Å². The largest absolute Gasteiger partial charge is 0.368 e. The molecule has 0 amide bonds. The number of carbonyl (C=O) groups excluding carboxylic acids is 1. The fourth-order valence-electron chi connectivity index (χ4n) is 6.46. The number of hydrogen-bond donors (Lipinski definition) is 1. The van der Waals surface area contributed by atoms with Gasteiger partial charge in [0.25, 0.3) is 5.56 Å². The van der Waals surface area contributed by atoms with Gasteiger partial charge in [-0.15, -0.1) is 0 Å². The van der Waals surface area contributed by atoms with Crippen molar-refractivity contribution in [2.45, 2.75) is 77.4 Å². The molecule has 3 fully saturated rings. The van der Waals surface area contributed by atoms with Crippen LogP contribution in [0.1, 0.15) is 80.3 Å². The average Bonchev–Trinajstić information content (AvgIpc) is 3.68. The molecule has 3 aromatic heterocycles. The van der Waals surface area contributed by atoms with Gasteiger partial charge in [0.15, 0.2) is 5.78 Å². The lowest BCUT2D eigenvalue weighted by Crippen LogP contribution is -2.49. The Morgan fingerprint density at radius 3 is 2.31 bits per heavy atom. The summed E-state index contributed by atoms with van der Waals surface area (Å²) in [6, 6.07) is 3.75. The summed E-state index contributed by atoms with van der Waals surface area (Å²) in [5, 5.41) is 3.83. The highest BCUT2D eigenvalue weighted by Crippen LogP contribution is 2.32. The van der Waals surface area contributed by atoms with Crippen LogP contribution in [0.25, 0.3) is 11.0 Å². The highest BCUT2D eigenvalue weighted by Gasteiger charge is 2.32. The van der Waals surface area contributed by atoms with Gasteiger partial charge in [0.1, 0.15) is 11.5 Å². The normalized spacial score (nSPS) is 19.1. The Labute approximate surface area is 245 Å². The summed E-state index contributed by atoms with van der Waals surface area (Å²) in [4.78, 5) is 41.6. The highest BCUT2D eigenvalue weighted by molar-refractivity contribution is 7.84. The Kier molecular flexibility index (Phi) is 7.99. The lowest BCUT2D eigenvalue weighted by atomic mass is 10.0. The number of ketones is 1. The SMILES string of the molecule is CC(=O)c1c(C)c2cnc(Nc3ccc(N4CCN(S(=O)(=O)OC5CCCC5)CC4)cn3)nc2n(C2CCCC2)c1=O. The molecule has 2 aliphatic carbocycles. The number of fused-ring (bicyclic) bond motifs is 1. The molecule has 0 unspecified atom stereocenters. The third kappa shape index (κ3) is 5.64. The van der Waals surface area contributed by atoms with Crippen molar-refractivity contribution in [3.63, 3.8) is 0 Å². The highest BCUT2D eigenvalue weighted by atomic mass is 32.2. The smallest absolute Gasteiger partial charge is 0.338 e. The first kappa shape index (κ1) is 28.7. The van der Waals surface area contributed by atoms with Crippen LogP contribution in [-0.4, -0.2) is 70.3 Å². The summed E-state index contributed by atoms with van der Waals surface area (Å²) in [5.74, 6) is 0.596. The van der Waals surface area contributed by atoms with E-state index in [2.05, 4.69) is 20.2 Å². The maximum Gasteiger partial charge on any atom is 0.338 e. The van der Waals surface area contributed by atoms with Crippen molar-refractivity contribution in [2.24, 2.45) is 0 Å². The number of anilines is 3. The predicted octanol–water partition coefficient (Wildman–Crippen LogP) is 3.88. The molecule has 1 aliphatic heterocycles. The summed E-state index contributed by atoms with van der Waals surface area (Å²) >= 11 is 0. The van der Waals surface area contributed by atoms with Gasteiger partial charge in [-0.25, -0.2) is 9.97 Å². The van der Waals surface area contributed by atoms with E-state index in [-0.39, 0.29) is 29.1 Å². The standard InChI is InChI=1S/C29H37N7O5S/c1-19-24-18-31-29(33-27(24)36(21-7-3-4-8-21)28(38)26(19)20(2)37)32-25-12-11-22(17-30-25)34-13-15-35(16-14-34)42(39,40)41-23-9-5-6-10-23/h11-12,17-18,21,23H,3-10,13-16H2,1-2H3,(H,30,31,32,33). The van der Waals surface area contributed by atoms with Crippen LogP contribution in [-0.2, 0) is 14.5 Å². The van der Waals surface area contributed by atoms with E-state index in [1.807, 2.05) is 12.1 Å². The zero-order valence-electron chi connectivity index (χ0n) is 24.1. The molecule has 0 spiro atoms. The zero-order valence-corrected chi connectivity index (χ0v) is 24.9. The van der Waals surface area contributed by atoms with Gasteiger partial charge in [-0.3, -0.25) is 18.3 Å². The number of nitrogens with zero attached hydrogens (tertiary/aromatic N) is 6. The fourth-order valence-corrected chi connectivity index (χ4v) is 7.73. The third-order valence-electron chi connectivity index (χ3n) is 8.72. The van der Waals surface area contributed by atoms with Crippen LogP contribution in [0, 0.1) is 6.92 Å². The molecule has 0 bridgehead atoms. The number of Topliss-reactive ketones (excluding diaryl/α,β-unsaturated/α-hetero) is 1. The van der Waals surface area contributed by atoms with Crippen LogP contribution in [0.3, 0.4) is 0 Å². The predicted molar refractivity (Wildman–Crippen MR) is 160 cm³/mol. The number of aromatic nitrogens is 4. The number of hydrogen-bond acceptors (Lipinski definition) is 10. The number of aryl methyl sites for hydroxylation is 1. The van der Waals surface area contributed by atoms with Crippen LogP contribution in [0.4, 0.5) is 17.5 Å². The molecular weight excluding hydrogens is 558 g/mol. The monoisotopic (exact) mass is 595 g/mol. The summed E-state index contributed by atoms with van der Waals surface area (Å²) in [6.45, 7) is 4.98. The Morgan fingerprint density at radius 1 is 0.976 bits per heavy atom. The van der Waals surface area contributed by atoms with Gasteiger partial charge in [-0.05, 0) is 57.2 Å². The molecule has 4 heterocycles. The Morgan fingerprint density at radius 2 is 1.67 bits per heavy atom. The minimum Gasteiger partial charge on any atom is -0.368 e. The second kappa shape index (κ2) is 11.7. The minimum absolute atomic E-state index is 0.00332. The molecule has 2 saturated carbocycles. The van der Waals surface area contributed by atoms with Crippen LogP contribution in [0.2, 0.25) is 0 Å². The quantitative estimate of drug-likeness (QED) is 0.382. The second-order valence-corrected chi connectivity index (χ2v) is 13.0. The molecule has 13 heteroatoms. The number of carbonyl (C=O) groups is 1. The first-order valence-electron chi connectivity index (χ1n) is 14.8. The van der Waals surface area contributed by atoms with Gasteiger partial charge in [0.05, 0.1) is 23.6 Å². The number of rotatable bonds is 8. The van der Waals surface area contributed by atoms with E-state index in [0.717, 1.165) is 57.1 Å². The van der Waals surface area contributed by atoms with Gasteiger partial charge >= 0.3 is 10.3 Å². The van der Waals surface area contributed by atoms with E-state index in [4.69, 9.17) is 9.17 Å². The molecule has 0 atom stereocenters. The first-order chi connectivity index (χ1) is 20.2. The van der Waals surface area contributed by atoms with E-state index in [0.29, 0.717) is 54.5 Å². The zero-order chi connectivity index (χ0) is 29.4. The molecule has 3 aliphatic rings. The molecule has 12 nitrogen and oxygen atoms in total. The topological polar surface area (TPSA) is 140 Å². The van der Waals surface area contributed by atoms with Gasteiger partial charge in [-0.1, -0.05) is 25.7 Å². The van der Waals surface area contributed by atoms with Crippen molar-refractivity contribution in [3.8, 4) is 0 Å². The van der Waals surface area contributed by atoms with Gasteiger partial charge in [0.2, 0.25) is 5.95 Å². The van der Waals surface area contributed by atoms with Crippen molar-refractivity contribution in [3.05, 3.63) is 46.0 Å². The molecule has 42 heavy (non-hydrogen) atoms. The minimum atomic E-state index is -3.72. The third-order valence-corrected chi connectivity index (χ3v) is 10.2. The number of nitrogens with one attached hydrogen (secondary N) is 1. The maximum atomic E-state index is 13.4. The number of pyridine rings is 2. The molecule has 1 N–H and O–H groups in total. The molecule has 0 aromatic carbocycles. The molecule has 0 radical (unpaired) electrons. The molecule has 3 aromatic rings. The summed E-state index contributed by atoms with van der Waals surface area (Å²) in [5.41, 5.74) is 1.92. The van der Waals surface area contributed by atoms with E-state index >= 15 is 0 Å². The Bertz CT molecular complexity index is 1640. The van der Waals surface area contributed by atoms with Crippen molar-refractivity contribution < 1.29 is 17.4 Å². The second-order valence-electron chi connectivity index (χ2n) is 11.5. The molecule has 6 rings (SSSR count). The molecular formula is C29H37N7O5S. The van der Waals surface area contributed by atoms with Gasteiger partial charge in [0, 0.05) is 43.8 Å². The van der Waals surface area contributed by atoms with E-state index in [1.54, 1.807) is 23.9 Å². The van der Waals surface area contributed by atoms with Crippen LogP contribution >= 0.6 is 0 Å². The fraction of sp³-hybridized carbons (Fsp3) is 0.552. The van der Waals surface area contributed by atoms with E-state index < -0.39 is 10.3 Å². The molecule has 1 saturated heterocycles. The Balaban J connectivity index is 1.17. The van der Waals surface area contributed by atoms with E-state index in [1.165, 1.54) is 11.2 Å². The summed E-state index contributed by atoms with van der Waals surface area (Å²) in [7, 11) is -3.72. The lowest BCUT2D eigenvalue weighted by molar-refractivity contribution is 0.101. The summed E-state index contributed by atoms with van der Waals surface area (Å²) < 4.78 is 33.9. The molecule has 224 valence electrons. The van der Waals surface area contributed by atoms with Gasteiger partial charge in [-0.2, -0.15) is 17.7 Å². The van der Waals surface area contributed by atoms with Crippen LogP contribution < -0.4 is 15.8 Å². The van der Waals surface area contributed by atoms with Crippen molar-refractivity contribution in [1.29, 1.82) is 0 Å². The van der Waals surface area contributed by atoms with Crippen LogP contribution in [0.15, 0.2) is 29.3 Å². The van der Waals surface area contributed by atoms with E-state index in [9.17, 15) is 18.0 Å². The first-order valence-corrected chi connectivity index (χ1v) is 16.2. The summed E-state index contributed by atoms with van der Waals surface area (Å²) in [6.07, 6.45) is 10.7.